The van der Waals surface area contributed by atoms with Gasteiger partial charge in [-0.2, -0.15) is 0 Å². The number of aryl methyl sites for hydroxylation is 1. The first-order chi connectivity index (χ1) is 8.52. The molecule has 0 aliphatic rings. The quantitative estimate of drug-likeness (QED) is 0.680. The van der Waals surface area contributed by atoms with E-state index in [1.807, 2.05) is 18.4 Å². The predicted molar refractivity (Wildman–Crippen MR) is 73.3 cm³/mol. The Morgan fingerprint density at radius 1 is 1.22 bits per heavy atom. The van der Waals surface area contributed by atoms with Gasteiger partial charge >= 0.3 is 0 Å². The molecule has 4 heteroatoms. The van der Waals surface area contributed by atoms with Crippen LogP contribution in [0.15, 0.2) is 29.6 Å². The van der Waals surface area contributed by atoms with Crippen LogP contribution >= 0.6 is 11.3 Å². The van der Waals surface area contributed by atoms with Gasteiger partial charge in [-0.05, 0) is 36.9 Å². The van der Waals surface area contributed by atoms with E-state index < -0.39 is 0 Å². The van der Waals surface area contributed by atoms with Crippen molar-refractivity contribution in [1.29, 1.82) is 0 Å². The third-order valence-electron chi connectivity index (χ3n) is 2.80. The summed E-state index contributed by atoms with van der Waals surface area (Å²) in [4.78, 5) is 24.4. The highest BCUT2D eigenvalue weighted by Gasteiger charge is 2.18. The molecule has 0 atom stereocenters. The second-order valence-electron chi connectivity index (χ2n) is 4.08. The van der Waals surface area contributed by atoms with E-state index in [4.69, 9.17) is 5.73 Å². The van der Waals surface area contributed by atoms with Crippen molar-refractivity contribution in [1.82, 2.24) is 0 Å². The largest absolute Gasteiger partial charge is 0.398 e. The molecule has 0 radical (unpaired) electrons. The van der Waals surface area contributed by atoms with Gasteiger partial charge in [0.25, 0.3) is 0 Å². The molecule has 18 heavy (non-hydrogen) atoms. The van der Waals surface area contributed by atoms with Crippen molar-refractivity contribution in [3.63, 3.8) is 0 Å². The number of rotatable bonds is 3. The number of nitrogen functional groups attached to an aromatic ring is 1. The number of carbonyl (C=O) groups excluding carboxylic acids is 2. The van der Waals surface area contributed by atoms with Crippen molar-refractivity contribution < 1.29 is 9.59 Å². The van der Waals surface area contributed by atoms with Crippen molar-refractivity contribution in [2.24, 2.45) is 0 Å². The molecular weight excluding hydrogens is 246 g/mol. The summed E-state index contributed by atoms with van der Waals surface area (Å²) in [6.07, 6.45) is 0. The Balaban J connectivity index is 2.57. The summed E-state index contributed by atoms with van der Waals surface area (Å²) in [5.41, 5.74) is 7.87. The molecule has 0 saturated carbocycles. The monoisotopic (exact) mass is 259 g/mol. The first-order valence-corrected chi connectivity index (χ1v) is 6.38. The van der Waals surface area contributed by atoms with E-state index in [1.54, 1.807) is 18.2 Å². The number of ketones is 2. The van der Waals surface area contributed by atoms with Crippen LogP contribution in [0.25, 0.3) is 0 Å². The highest BCUT2D eigenvalue weighted by atomic mass is 32.1. The van der Waals surface area contributed by atoms with E-state index in [0.29, 0.717) is 16.0 Å². The number of anilines is 1. The molecule has 0 fully saturated rings. The lowest BCUT2D eigenvalue weighted by molar-refractivity contribution is 0.101. The fraction of sp³-hybridized carbons (Fsp3) is 0.143. The van der Waals surface area contributed by atoms with E-state index in [0.717, 1.165) is 5.56 Å². The van der Waals surface area contributed by atoms with Crippen LogP contribution in [0.5, 0.6) is 0 Å². The minimum Gasteiger partial charge on any atom is -0.398 e. The maximum Gasteiger partial charge on any atom is 0.205 e. The lowest BCUT2D eigenvalue weighted by Gasteiger charge is -2.10. The average molecular weight is 259 g/mol. The predicted octanol–water partition coefficient (Wildman–Crippen LogP) is 3.07. The molecule has 2 rings (SSSR count). The van der Waals surface area contributed by atoms with Gasteiger partial charge in [-0.1, -0.05) is 12.1 Å². The lowest BCUT2D eigenvalue weighted by atomic mass is 9.96. The van der Waals surface area contributed by atoms with Gasteiger partial charge in [0, 0.05) is 11.1 Å². The maximum absolute atomic E-state index is 12.2. The van der Waals surface area contributed by atoms with E-state index >= 15 is 0 Å². The SMILES string of the molecule is CC(=O)c1c(C)ccc(C(=O)c2cccs2)c1N. The van der Waals surface area contributed by atoms with Crippen molar-refractivity contribution >= 4 is 28.6 Å². The zero-order valence-corrected chi connectivity index (χ0v) is 11.0. The molecule has 0 spiro atoms. The number of hydrogen-bond donors (Lipinski definition) is 1. The smallest absolute Gasteiger partial charge is 0.205 e. The Morgan fingerprint density at radius 3 is 2.50 bits per heavy atom. The van der Waals surface area contributed by atoms with E-state index in [1.165, 1.54) is 18.3 Å². The van der Waals surface area contributed by atoms with Crippen LogP contribution in [0.2, 0.25) is 0 Å². The zero-order chi connectivity index (χ0) is 13.3. The molecule has 0 aliphatic heterocycles. The highest BCUT2D eigenvalue weighted by Crippen LogP contribution is 2.25. The normalized spacial score (nSPS) is 10.3. The van der Waals surface area contributed by atoms with Crippen molar-refractivity contribution in [2.75, 3.05) is 5.73 Å². The fourth-order valence-corrected chi connectivity index (χ4v) is 2.61. The molecule has 3 nitrogen and oxygen atoms in total. The summed E-state index contributed by atoms with van der Waals surface area (Å²) < 4.78 is 0. The Kier molecular flexibility index (Phi) is 3.30. The van der Waals surface area contributed by atoms with E-state index in [2.05, 4.69) is 0 Å². The van der Waals surface area contributed by atoms with Crippen LogP contribution in [-0.2, 0) is 0 Å². The standard InChI is InChI=1S/C14H13NO2S/c1-8-5-6-10(13(15)12(8)9(2)16)14(17)11-4-3-7-18-11/h3-7H,15H2,1-2H3. The van der Waals surface area contributed by atoms with Gasteiger partial charge in [0.2, 0.25) is 5.78 Å². The molecular formula is C14H13NO2S. The summed E-state index contributed by atoms with van der Waals surface area (Å²) in [5.74, 6) is -0.254. The number of nitrogens with two attached hydrogens (primary N) is 1. The maximum atomic E-state index is 12.2. The third-order valence-corrected chi connectivity index (χ3v) is 3.66. The van der Waals surface area contributed by atoms with Crippen molar-refractivity contribution in [3.05, 3.63) is 51.2 Å². The van der Waals surface area contributed by atoms with Crippen molar-refractivity contribution in [2.45, 2.75) is 13.8 Å². The number of benzene rings is 1. The van der Waals surface area contributed by atoms with Crippen molar-refractivity contribution in [3.8, 4) is 0 Å². The molecule has 92 valence electrons. The second-order valence-corrected chi connectivity index (χ2v) is 5.03. The molecule has 2 N–H and O–H groups in total. The minimum atomic E-state index is -0.134. The van der Waals surface area contributed by atoms with Crippen LogP contribution in [-0.4, -0.2) is 11.6 Å². The molecule has 1 heterocycles. The number of thiophene rings is 1. The van der Waals surface area contributed by atoms with Crippen LogP contribution in [0.3, 0.4) is 0 Å². The third kappa shape index (κ3) is 2.07. The molecule has 1 aromatic heterocycles. The molecule has 0 amide bonds. The Bertz CT molecular complexity index is 615. The molecule has 0 unspecified atom stereocenters. The number of carbonyl (C=O) groups is 2. The molecule has 0 bridgehead atoms. The average Bonchev–Trinajstić information content (AvgIpc) is 2.81. The first-order valence-electron chi connectivity index (χ1n) is 5.50. The first kappa shape index (κ1) is 12.5. The number of hydrogen-bond acceptors (Lipinski definition) is 4. The van der Waals surface area contributed by atoms with Gasteiger partial charge in [-0.15, -0.1) is 11.3 Å². The van der Waals surface area contributed by atoms with Gasteiger partial charge in [-0.25, -0.2) is 0 Å². The van der Waals surface area contributed by atoms with Crippen LogP contribution < -0.4 is 5.73 Å². The van der Waals surface area contributed by atoms with Gasteiger partial charge < -0.3 is 5.73 Å². The van der Waals surface area contributed by atoms with Gasteiger partial charge in [-0.3, -0.25) is 9.59 Å². The fourth-order valence-electron chi connectivity index (χ4n) is 1.93. The highest BCUT2D eigenvalue weighted by molar-refractivity contribution is 7.12. The Labute approximate surface area is 109 Å². The molecule has 0 saturated heterocycles. The summed E-state index contributed by atoms with van der Waals surface area (Å²) in [7, 11) is 0. The summed E-state index contributed by atoms with van der Waals surface area (Å²) in [6, 6.07) is 7.00. The Morgan fingerprint density at radius 2 is 1.94 bits per heavy atom. The molecule has 0 aliphatic carbocycles. The topological polar surface area (TPSA) is 60.2 Å². The summed E-state index contributed by atoms with van der Waals surface area (Å²) in [6.45, 7) is 3.27. The summed E-state index contributed by atoms with van der Waals surface area (Å²) >= 11 is 1.36. The summed E-state index contributed by atoms with van der Waals surface area (Å²) in [5, 5.41) is 1.84. The van der Waals surface area contributed by atoms with E-state index in [9.17, 15) is 9.59 Å². The molecule has 1 aromatic carbocycles. The van der Waals surface area contributed by atoms with Gasteiger partial charge in [0.1, 0.15) is 0 Å². The zero-order valence-electron chi connectivity index (χ0n) is 10.2. The van der Waals surface area contributed by atoms with Gasteiger partial charge in [0.05, 0.1) is 10.6 Å². The lowest BCUT2D eigenvalue weighted by Crippen LogP contribution is -2.10. The Hall–Kier alpha value is -1.94. The van der Waals surface area contributed by atoms with Crippen LogP contribution in [0.1, 0.15) is 38.1 Å². The number of Topliss-reactive ketones (excluding diaryl/α,β-unsaturated/α-hetero) is 1. The van der Waals surface area contributed by atoms with E-state index in [-0.39, 0.29) is 17.3 Å². The van der Waals surface area contributed by atoms with Gasteiger partial charge in [0.15, 0.2) is 5.78 Å². The minimum absolute atomic E-state index is 0.120. The van der Waals surface area contributed by atoms with Crippen LogP contribution in [0.4, 0.5) is 5.69 Å². The van der Waals surface area contributed by atoms with Crippen LogP contribution in [0, 0.1) is 6.92 Å². The molecule has 2 aromatic rings. The second kappa shape index (κ2) is 4.74.